The molecule has 82 valence electrons. The highest BCUT2D eigenvalue weighted by atomic mass is 35.5. The number of aliphatic hydroxyl groups is 1. The topological polar surface area (TPSA) is 32.3 Å². The molecule has 2 rings (SSSR count). The van der Waals surface area contributed by atoms with Crippen LogP contribution in [0.2, 0.25) is 5.02 Å². The maximum absolute atomic E-state index is 9.80. The van der Waals surface area contributed by atoms with Gasteiger partial charge in [0.15, 0.2) is 0 Å². The van der Waals surface area contributed by atoms with Crippen LogP contribution in [0.1, 0.15) is 25.7 Å². The normalized spacial score (nSPS) is 26.3. The molecule has 0 radical (unpaired) electrons. The van der Waals surface area contributed by atoms with Crippen LogP contribution >= 0.6 is 11.6 Å². The minimum atomic E-state index is -0.213. The fourth-order valence-electron chi connectivity index (χ4n) is 2.04. The number of anilines is 1. The molecule has 1 aliphatic rings. The van der Waals surface area contributed by atoms with Crippen LogP contribution in [0.3, 0.4) is 0 Å². The summed E-state index contributed by atoms with van der Waals surface area (Å²) < 4.78 is 0. The van der Waals surface area contributed by atoms with Crippen LogP contribution in [0.4, 0.5) is 5.69 Å². The number of nitrogens with one attached hydrogen (secondary N) is 1. The Morgan fingerprint density at radius 3 is 2.47 bits per heavy atom. The number of hydrogen-bond donors (Lipinski definition) is 2. The predicted molar refractivity (Wildman–Crippen MR) is 63.3 cm³/mol. The van der Waals surface area contributed by atoms with E-state index in [4.69, 9.17) is 11.6 Å². The summed E-state index contributed by atoms with van der Waals surface area (Å²) in [5.41, 5.74) is 1.03. The molecular weight excluding hydrogens is 210 g/mol. The number of hydrogen-bond acceptors (Lipinski definition) is 2. The Kier molecular flexibility index (Phi) is 3.49. The molecule has 3 heteroatoms. The Balaban J connectivity index is 1.98. The molecule has 1 saturated carbocycles. The van der Waals surface area contributed by atoms with Gasteiger partial charge < -0.3 is 10.4 Å². The highest BCUT2D eigenvalue weighted by Crippen LogP contribution is 2.22. The number of benzene rings is 1. The molecule has 0 amide bonds. The molecule has 2 nitrogen and oxygen atoms in total. The fourth-order valence-corrected chi connectivity index (χ4v) is 2.17. The molecule has 1 aromatic rings. The van der Waals surface area contributed by atoms with Crippen molar-refractivity contribution < 1.29 is 5.11 Å². The van der Waals surface area contributed by atoms with Gasteiger partial charge in [-0.1, -0.05) is 24.4 Å². The van der Waals surface area contributed by atoms with E-state index in [1.54, 1.807) is 0 Å². The Morgan fingerprint density at radius 2 is 1.80 bits per heavy atom. The monoisotopic (exact) mass is 225 g/mol. The molecule has 0 unspecified atom stereocenters. The lowest BCUT2D eigenvalue weighted by atomic mass is 9.92. The summed E-state index contributed by atoms with van der Waals surface area (Å²) in [5.74, 6) is 0. The molecule has 0 aromatic heterocycles. The average Bonchev–Trinajstić information content (AvgIpc) is 2.25. The summed E-state index contributed by atoms with van der Waals surface area (Å²) in [7, 11) is 0. The SMILES string of the molecule is O[C@@H]1CCCC[C@H]1Nc1ccc(Cl)cc1. The van der Waals surface area contributed by atoms with Gasteiger partial charge in [0, 0.05) is 10.7 Å². The summed E-state index contributed by atoms with van der Waals surface area (Å²) in [4.78, 5) is 0. The fraction of sp³-hybridized carbons (Fsp3) is 0.500. The van der Waals surface area contributed by atoms with Gasteiger partial charge in [0.2, 0.25) is 0 Å². The first-order valence-corrected chi connectivity index (χ1v) is 5.84. The van der Waals surface area contributed by atoms with Crippen molar-refractivity contribution in [3.63, 3.8) is 0 Å². The Labute approximate surface area is 95.3 Å². The zero-order valence-electron chi connectivity index (χ0n) is 8.62. The largest absolute Gasteiger partial charge is 0.391 e. The molecule has 0 saturated heterocycles. The molecule has 1 aliphatic carbocycles. The van der Waals surface area contributed by atoms with Crippen molar-refractivity contribution >= 4 is 17.3 Å². The highest BCUT2D eigenvalue weighted by molar-refractivity contribution is 6.30. The lowest BCUT2D eigenvalue weighted by molar-refractivity contribution is 0.116. The van der Waals surface area contributed by atoms with Gasteiger partial charge in [-0.2, -0.15) is 0 Å². The number of rotatable bonds is 2. The zero-order chi connectivity index (χ0) is 10.7. The Bertz CT molecular complexity index is 312. The number of aliphatic hydroxyl groups excluding tert-OH is 1. The average molecular weight is 226 g/mol. The van der Waals surface area contributed by atoms with Crippen molar-refractivity contribution in [3.05, 3.63) is 29.3 Å². The van der Waals surface area contributed by atoms with E-state index >= 15 is 0 Å². The third-order valence-electron chi connectivity index (χ3n) is 2.93. The second-order valence-electron chi connectivity index (χ2n) is 4.11. The molecule has 1 fully saturated rings. The van der Waals surface area contributed by atoms with Gasteiger partial charge >= 0.3 is 0 Å². The van der Waals surface area contributed by atoms with Crippen molar-refractivity contribution in [1.29, 1.82) is 0 Å². The minimum absolute atomic E-state index is 0.194. The van der Waals surface area contributed by atoms with E-state index in [1.807, 2.05) is 24.3 Å². The second kappa shape index (κ2) is 4.86. The Morgan fingerprint density at radius 1 is 1.13 bits per heavy atom. The van der Waals surface area contributed by atoms with Crippen LogP contribution in [0.15, 0.2) is 24.3 Å². The van der Waals surface area contributed by atoms with Crippen molar-refractivity contribution in [2.45, 2.75) is 37.8 Å². The first-order chi connectivity index (χ1) is 7.25. The van der Waals surface area contributed by atoms with Crippen molar-refractivity contribution in [3.8, 4) is 0 Å². The van der Waals surface area contributed by atoms with Gasteiger partial charge in [0.25, 0.3) is 0 Å². The molecule has 15 heavy (non-hydrogen) atoms. The van der Waals surface area contributed by atoms with Gasteiger partial charge in [0.05, 0.1) is 12.1 Å². The van der Waals surface area contributed by atoms with E-state index in [9.17, 15) is 5.11 Å². The molecule has 2 N–H and O–H groups in total. The zero-order valence-corrected chi connectivity index (χ0v) is 9.37. The summed E-state index contributed by atoms with van der Waals surface area (Å²) in [6, 6.07) is 7.81. The van der Waals surface area contributed by atoms with E-state index in [2.05, 4.69) is 5.32 Å². The molecular formula is C12H16ClNO. The summed E-state index contributed by atoms with van der Waals surface area (Å²) in [6.45, 7) is 0. The van der Waals surface area contributed by atoms with Crippen LogP contribution in [0.25, 0.3) is 0 Å². The second-order valence-corrected chi connectivity index (χ2v) is 4.55. The molecule has 0 spiro atoms. The first kappa shape index (κ1) is 10.8. The lowest BCUT2D eigenvalue weighted by Crippen LogP contribution is -2.36. The quantitative estimate of drug-likeness (QED) is 0.811. The third kappa shape index (κ3) is 2.86. The van der Waals surface area contributed by atoms with Crippen LogP contribution < -0.4 is 5.32 Å². The maximum atomic E-state index is 9.80. The minimum Gasteiger partial charge on any atom is -0.391 e. The van der Waals surface area contributed by atoms with Gasteiger partial charge in [-0.05, 0) is 37.1 Å². The first-order valence-electron chi connectivity index (χ1n) is 5.46. The number of halogens is 1. The smallest absolute Gasteiger partial charge is 0.0741 e. The lowest BCUT2D eigenvalue weighted by Gasteiger charge is -2.29. The van der Waals surface area contributed by atoms with E-state index < -0.39 is 0 Å². The summed E-state index contributed by atoms with van der Waals surface area (Å²) in [5, 5.41) is 13.9. The summed E-state index contributed by atoms with van der Waals surface area (Å²) in [6.07, 6.45) is 4.08. The van der Waals surface area contributed by atoms with E-state index in [0.717, 1.165) is 30.0 Å². The van der Waals surface area contributed by atoms with Gasteiger partial charge in [-0.25, -0.2) is 0 Å². The van der Waals surface area contributed by atoms with Crippen molar-refractivity contribution in [2.24, 2.45) is 0 Å². The highest BCUT2D eigenvalue weighted by Gasteiger charge is 2.22. The van der Waals surface area contributed by atoms with Crippen LogP contribution in [0, 0.1) is 0 Å². The standard InChI is InChI=1S/C12H16ClNO/c13-9-5-7-10(8-6-9)14-11-3-1-2-4-12(11)15/h5-8,11-12,14-15H,1-4H2/t11-,12-/m1/s1. The van der Waals surface area contributed by atoms with Crippen LogP contribution in [-0.4, -0.2) is 17.3 Å². The molecule has 1 aromatic carbocycles. The van der Waals surface area contributed by atoms with Crippen LogP contribution in [-0.2, 0) is 0 Å². The van der Waals surface area contributed by atoms with E-state index in [1.165, 1.54) is 6.42 Å². The van der Waals surface area contributed by atoms with E-state index in [-0.39, 0.29) is 12.1 Å². The molecule has 2 atom stereocenters. The van der Waals surface area contributed by atoms with Gasteiger partial charge in [0.1, 0.15) is 0 Å². The van der Waals surface area contributed by atoms with Gasteiger partial charge in [-0.3, -0.25) is 0 Å². The van der Waals surface area contributed by atoms with Crippen molar-refractivity contribution in [2.75, 3.05) is 5.32 Å². The molecule has 0 heterocycles. The maximum Gasteiger partial charge on any atom is 0.0741 e. The van der Waals surface area contributed by atoms with E-state index in [0.29, 0.717) is 0 Å². The molecule has 0 aliphatic heterocycles. The van der Waals surface area contributed by atoms with Crippen LogP contribution in [0.5, 0.6) is 0 Å². The molecule has 0 bridgehead atoms. The third-order valence-corrected chi connectivity index (χ3v) is 3.18. The van der Waals surface area contributed by atoms with Gasteiger partial charge in [-0.15, -0.1) is 0 Å². The Hall–Kier alpha value is -0.730. The predicted octanol–water partition coefficient (Wildman–Crippen LogP) is 3.06. The summed E-state index contributed by atoms with van der Waals surface area (Å²) >= 11 is 5.81. The van der Waals surface area contributed by atoms with Crippen molar-refractivity contribution in [1.82, 2.24) is 0 Å².